The summed E-state index contributed by atoms with van der Waals surface area (Å²) in [5.41, 5.74) is 1.97. The largest absolute Gasteiger partial charge is 0.326 e. The molecule has 118 valence electrons. The Balaban J connectivity index is 2.04. The van der Waals surface area contributed by atoms with Crippen LogP contribution in [0.25, 0.3) is 0 Å². The number of carbonyl (C=O) groups excluding carboxylic acids is 1. The van der Waals surface area contributed by atoms with Gasteiger partial charge in [0.15, 0.2) is 0 Å². The molecule has 0 aliphatic carbocycles. The molecule has 4 nitrogen and oxygen atoms in total. The van der Waals surface area contributed by atoms with E-state index in [2.05, 4.69) is 42.5 Å². The fraction of sp³-hybridized carbons (Fsp3) is 0.412. The molecule has 2 N–H and O–H groups in total. The molecule has 0 radical (unpaired) electrons. The van der Waals surface area contributed by atoms with Gasteiger partial charge in [0.25, 0.3) is 0 Å². The molecular weight excluding hydrogens is 294 g/mol. The molecule has 2 atom stereocenters. The van der Waals surface area contributed by atoms with Gasteiger partial charge in [0, 0.05) is 29.7 Å². The Kier molecular flexibility index (Phi) is 5.69. The van der Waals surface area contributed by atoms with Crippen LogP contribution in [0.5, 0.6) is 0 Å². The van der Waals surface area contributed by atoms with Crippen LogP contribution in [-0.2, 0) is 11.2 Å². The summed E-state index contributed by atoms with van der Waals surface area (Å²) < 4.78 is 0. The van der Waals surface area contributed by atoms with E-state index in [4.69, 9.17) is 0 Å². The molecule has 0 saturated carbocycles. The maximum Gasteiger partial charge on any atom is 0.221 e. The highest BCUT2D eigenvalue weighted by Gasteiger charge is 2.14. The number of hydrogen-bond acceptors (Lipinski definition) is 4. The lowest BCUT2D eigenvalue weighted by Gasteiger charge is -2.19. The van der Waals surface area contributed by atoms with Gasteiger partial charge in [-0.25, -0.2) is 4.98 Å². The zero-order chi connectivity index (χ0) is 16.1. The lowest BCUT2D eigenvalue weighted by atomic mass is 10.1. The third kappa shape index (κ3) is 4.39. The van der Waals surface area contributed by atoms with Crippen LogP contribution < -0.4 is 10.6 Å². The number of rotatable bonds is 6. The van der Waals surface area contributed by atoms with Crippen molar-refractivity contribution < 1.29 is 4.79 Å². The Labute approximate surface area is 136 Å². The number of benzene rings is 1. The Bertz CT molecular complexity index is 638. The number of aryl methyl sites for hydroxylation is 1. The number of anilines is 1. The topological polar surface area (TPSA) is 54.0 Å². The van der Waals surface area contributed by atoms with E-state index in [0.717, 1.165) is 22.7 Å². The predicted octanol–water partition coefficient (Wildman–Crippen LogP) is 4.08. The van der Waals surface area contributed by atoms with Crippen molar-refractivity contribution in [2.45, 2.75) is 46.2 Å². The molecular formula is C17H23N3OS. The van der Waals surface area contributed by atoms with Crippen LogP contribution in [0.3, 0.4) is 0 Å². The lowest BCUT2D eigenvalue weighted by molar-refractivity contribution is -0.114. The first-order chi connectivity index (χ1) is 10.5. The van der Waals surface area contributed by atoms with E-state index >= 15 is 0 Å². The summed E-state index contributed by atoms with van der Waals surface area (Å²) in [6.45, 7) is 7.92. The van der Waals surface area contributed by atoms with Crippen LogP contribution in [0.4, 0.5) is 5.69 Å². The minimum absolute atomic E-state index is 0.0546. The van der Waals surface area contributed by atoms with Gasteiger partial charge in [0.1, 0.15) is 5.01 Å². The Morgan fingerprint density at radius 2 is 2.09 bits per heavy atom. The molecule has 0 aliphatic rings. The van der Waals surface area contributed by atoms with Crippen LogP contribution in [0.15, 0.2) is 30.5 Å². The molecule has 1 heterocycles. The number of amides is 1. The van der Waals surface area contributed by atoms with Crippen LogP contribution in [0.2, 0.25) is 0 Å². The maximum absolute atomic E-state index is 11.2. The van der Waals surface area contributed by atoms with Crippen molar-refractivity contribution in [3.05, 3.63) is 45.9 Å². The van der Waals surface area contributed by atoms with Gasteiger partial charge in [-0.15, -0.1) is 11.3 Å². The van der Waals surface area contributed by atoms with Gasteiger partial charge in [-0.3, -0.25) is 4.79 Å². The monoisotopic (exact) mass is 317 g/mol. The first kappa shape index (κ1) is 16.6. The van der Waals surface area contributed by atoms with Crippen LogP contribution in [0, 0.1) is 0 Å². The van der Waals surface area contributed by atoms with E-state index < -0.39 is 0 Å². The van der Waals surface area contributed by atoms with Gasteiger partial charge in [-0.2, -0.15) is 0 Å². The van der Waals surface area contributed by atoms with Gasteiger partial charge in [-0.05, 0) is 38.0 Å². The molecule has 1 aromatic heterocycles. The Hall–Kier alpha value is -1.72. The van der Waals surface area contributed by atoms with Crippen molar-refractivity contribution in [3.63, 3.8) is 0 Å². The van der Waals surface area contributed by atoms with Gasteiger partial charge in [-0.1, -0.05) is 19.1 Å². The van der Waals surface area contributed by atoms with E-state index in [0.29, 0.717) is 0 Å². The van der Waals surface area contributed by atoms with E-state index in [-0.39, 0.29) is 18.0 Å². The molecule has 0 bridgehead atoms. The van der Waals surface area contributed by atoms with Gasteiger partial charge in [0.05, 0.1) is 6.04 Å². The molecule has 0 saturated heterocycles. The first-order valence-electron chi connectivity index (χ1n) is 7.57. The number of hydrogen-bond donors (Lipinski definition) is 2. The fourth-order valence-corrected chi connectivity index (χ4v) is 3.19. The highest BCUT2D eigenvalue weighted by Crippen LogP contribution is 2.24. The summed E-state index contributed by atoms with van der Waals surface area (Å²) in [5, 5.41) is 7.50. The second-order valence-electron chi connectivity index (χ2n) is 5.44. The Morgan fingerprint density at radius 3 is 2.73 bits per heavy atom. The molecule has 2 rings (SSSR count). The fourth-order valence-electron chi connectivity index (χ4n) is 2.32. The van der Waals surface area contributed by atoms with Crippen molar-refractivity contribution in [2.24, 2.45) is 0 Å². The summed E-state index contributed by atoms with van der Waals surface area (Å²) in [7, 11) is 0. The number of carbonyl (C=O) groups is 1. The summed E-state index contributed by atoms with van der Waals surface area (Å²) in [4.78, 5) is 17.0. The highest BCUT2D eigenvalue weighted by atomic mass is 32.1. The van der Waals surface area contributed by atoms with E-state index in [9.17, 15) is 4.79 Å². The Morgan fingerprint density at radius 1 is 1.32 bits per heavy atom. The molecule has 1 aromatic carbocycles. The van der Waals surface area contributed by atoms with Crippen molar-refractivity contribution in [1.82, 2.24) is 10.3 Å². The minimum atomic E-state index is -0.0546. The SMILES string of the molecule is CCc1cnc([C@H](C)N[C@H](C)c2cccc(NC(C)=O)c2)s1. The minimum Gasteiger partial charge on any atom is -0.326 e. The average Bonchev–Trinajstić information content (AvgIpc) is 2.95. The van der Waals surface area contributed by atoms with Gasteiger partial charge in [0.2, 0.25) is 5.91 Å². The smallest absolute Gasteiger partial charge is 0.221 e. The summed E-state index contributed by atoms with van der Waals surface area (Å²) in [6, 6.07) is 8.31. The zero-order valence-electron chi connectivity index (χ0n) is 13.5. The highest BCUT2D eigenvalue weighted by molar-refractivity contribution is 7.11. The van der Waals surface area contributed by atoms with Crippen LogP contribution in [0.1, 0.15) is 55.2 Å². The van der Waals surface area contributed by atoms with Gasteiger partial charge < -0.3 is 10.6 Å². The van der Waals surface area contributed by atoms with Gasteiger partial charge >= 0.3 is 0 Å². The molecule has 5 heteroatoms. The third-order valence-electron chi connectivity index (χ3n) is 3.50. The standard InChI is InChI=1S/C17H23N3OS/c1-5-16-10-18-17(22-16)12(3)19-11(2)14-7-6-8-15(9-14)20-13(4)21/h6-12,19H,5H2,1-4H3,(H,20,21)/t11-,12+/m1/s1. The van der Waals surface area contributed by atoms with Crippen LogP contribution in [-0.4, -0.2) is 10.9 Å². The molecule has 1 amide bonds. The molecule has 22 heavy (non-hydrogen) atoms. The first-order valence-corrected chi connectivity index (χ1v) is 8.39. The van der Waals surface area contributed by atoms with Crippen molar-refractivity contribution >= 4 is 22.9 Å². The third-order valence-corrected chi connectivity index (χ3v) is 4.82. The number of aromatic nitrogens is 1. The molecule has 0 spiro atoms. The lowest BCUT2D eigenvalue weighted by Crippen LogP contribution is -2.22. The van der Waals surface area contributed by atoms with Crippen molar-refractivity contribution in [1.29, 1.82) is 0 Å². The predicted molar refractivity (Wildman–Crippen MR) is 92.2 cm³/mol. The zero-order valence-corrected chi connectivity index (χ0v) is 14.3. The summed E-state index contributed by atoms with van der Waals surface area (Å²) in [5.74, 6) is -0.0546. The summed E-state index contributed by atoms with van der Waals surface area (Å²) in [6.07, 6.45) is 2.99. The summed E-state index contributed by atoms with van der Waals surface area (Å²) >= 11 is 1.76. The molecule has 0 unspecified atom stereocenters. The van der Waals surface area contributed by atoms with E-state index in [1.165, 1.54) is 11.8 Å². The molecule has 0 aliphatic heterocycles. The second kappa shape index (κ2) is 7.51. The van der Waals surface area contributed by atoms with Crippen molar-refractivity contribution in [3.8, 4) is 0 Å². The quantitative estimate of drug-likeness (QED) is 0.844. The molecule has 2 aromatic rings. The van der Waals surface area contributed by atoms with E-state index in [1.54, 1.807) is 11.3 Å². The maximum atomic E-state index is 11.2. The van der Waals surface area contributed by atoms with Crippen molar-refractivity contribution in [2.75, 3.05) is 5.32 Å². The number of thiazole rings is 1. The number of nitrogens with zero attached hydrogens (tertiary/aromatic N) is 1. The normalized spacial score (nSPS) is 13.6. The average molecular weight is 317 g/mol. The van der Waals surface area contributed by atoms with Crippen LogP contribution >= 0.6 is 11.3 Å². The number of nitrogens with one attached hydrogen (secondary N) is 2. The van der Waals surface area contributed by atoms with E-state index in [1.807, 2.05) is 24.4 Å². The molecule has 0 fully saturated rings. The second-order valence-corrected chi connectivity index (χ2v) is 6.58.